The van der Waals surface area contributed by atoms with Gasteiger partial charge in [0.25, 0.3) is 0 Å². The first-order valence-electron chi connectivity index (χ1n) is 8.68. The standard InChI is InChI=1S/C18H20FN5O2S/c19-13-8-5-12(6-9-13)7-10-15-21-18(24-23-15)27-11-16(25)22-17(26)20-14-3-1-2-4-14/h5-10,14H,1-4,11H2,(H,21,23,24)(H2,20,22,25,26)/b10-7+. The molecule has 1 aromatic carbocycles. The fraction of sp³-hybridized carbons (Fsp3) is 0.333. The molecule has 3 amide bonds. The number of nitrogens with one attached hydrogen (secondary N) is 3. The smallest absolute Gasteiger partial charge is 0.321 e. The molecule has 1 aromatic heterocycles. The predicted octanol–water partition coefficient (Wildman–Crippen LogP) is 2.97. The van der Waals surface area contributed by atoms with Gasteiger partial charge in [0.05, 0.1) is 5.75 Å². The van der Waals surface area contributed by atoms with Crippen LogP contribution in [0.1, 0.15) is 37.1 Å². The van der Waals surface area contributed by atoms with Crippen LogP contribution in [-0.2, 0) is 4.79 Å². The van der Waals surface area contributed by atoms with Gasteiger partial charge in [-0.05, 0) is 36.6 Å². The monoisotopic (exact) mass is 389 g/mol. The van der Waals surface area contributed by atoms with E-state index in [0.29, 0.717) is 11.0 Å². The first kappa shape index (κ1) is 19.1. The summed E-state index contributed by atoms with van der Waals surface area (Å²) in [4.78, 5) is 27.8. The van der Waals surface area contributed by atoms with E-state index in [2.05, 4.69) is 25.8 Å². The number of urea groups is 1. The normalized spacial score (nSPS) is 14.6. The summed E-state index contributed by atoms with van der Waals surface area (Å²) in [6.07, 6.45) is 7.62. The van der Waals surface area contributed by atoms with E-state index in [4.69, 9.17) is 0 Å². The number of aromatic amines is 1. The summed E-state index contributed by atoms with van der Waals surface area (Å²) in [5.41, 5.74) is 0.828. The average Bonchev–Trinajstić information content (AvgIpc) is 3.31. The number of hydrogen-bond acceptors (Lipinski definition) is 5. The summed E-state index contributed by atoms with van der Waals surface area (Å²) in [5.74, 6) is -0.137. The number of hydrogen-bond donors (Lipinski definition) is 3. The highest BCUT2D eigenvalue weighted by Gasteiger charge is 2.18. The molecule has 0 spiro atoms. The lowest BCUT2D eigenvalue weighted by Crippen LogP contribution is -2.44. The molecule has 0 radical (unpaired) electrons. The second-order valence-electron chi connectivity index (χ2n) is 6.18. The number of benzene rings is 1. The lowest BCUT2D eigenvalue weighted by Gasteiger charge is -2.11. The number of halogens is 1. The van der Waals surface area contributed by atoms with Crippen molar-refractivity contribution in [3.05, 3.63) is 41.5 Å². The lowest BCUT2D eigenvalue weighted by atomic mass is 10.2. The Morgan fingerprint density at radius 1 is 1.22 bits per heavy atom. The Hall–Kier alpha value is -2.68. The van der Waals surface area contributed by atoms with E-state index in [-0.39, 0.29) is 17.6 Å². The molecule has 3 N–H and O–H groups in total. The summed E-state index contributed by atoms with van der Waals surface area (Å²) in [6, 6.07) is 5.77. The van der Waals surface area contributed by atoms with Crippen LogP contribution < -0.4 is 10.6 Å². The topological polar surface area (TPSA) is 99.8 Å². The van der Waals surface area contributed by atoms with Gasteiger partial charge >= 0.3 is 6.03 Å². The Balaban J connectivity index is 1.42. The molecule has 0 unspecified atom stereocenters. The van der Waals surface area contributed by atoms with Crippen LogP contribution in [-0.4, -0.2) is 38.9 Å². The van der Waals surface area contributed by atoms with Gasteiger partial charge in [0, 0.05) is 6.04 Å². The van der Waals surface area contributed by atoms with E-state index < -0.39 is 11.9 Å². The van der Waals surface area contributed by atoms with Crippen molar-refractivity contribution in [3.8, 4) is 0 Å². The molecule has 1 aliphatic carbocycles. The third kappa shape index (κ3) is 6.21. The van der Waals surface area contributed by atoms with Crippen molar-refractivity contribution >= 4 is 35.9 Å². The molecule has 1 heterocycles. The molecule has 142 valence electrons. The van der Waals surface area contributed by atoms with Crippen molar-refractivity contribution in [2.75, 3.05) is 5.75 Å². The van der Waals surface area contributed by atoms with Gasteiger partial charge in [-0.15, -0.1) is 5.10 Å². The molecule has 9 heteroatoms. The molecule has 1 aliphatic rings. The fourth-order valence-electron chi connectivity index (χ4n) is 2.73. The van der Waals surface area contributed by atoms with E-state index in [0.717, 1.165) is 43.0 Å². The van der Waals surface area contributed by atoms with Gasteiger partial charge in [-0.1, -0.05) is 42.8 Å². The molecule has 0 saturated heterocycles. The summed E-state index contributed by atoms with van der Waals surface area (Å²) >= 11 is 1.13. The largest absolute Gasteiger partial charge is 0.335 e. The van der Waals surface area contributed by atoms with Gasteiger partial charge in [0.15, 0.2) is 0 Å². The Labute approximate surface area is 160 Å². The third-order valence-electron chi connectivity index (χ3n) is 4.06. The molecule has 27 heavy (non-hydrogen) atoms. The number of rotatable bonds is 6. The Bertz CT molecular complexity index is 815. The zero-order valence-corrected chi connectivity index (χ0v) is 15.4. The number of thioether (sulfide) groups is 1. The maximum absolute atomic E-state index is 12.9. The molecule has 0 aliphatic heterocycles. The van der Waals surface area contributed by atoms with Crippen LogP contribution in [0.5, 0.6) is 0 Å². The molecule has 2 aromatic rings. The number of nitrogens with zero attached hydrogens (tertiary/aromatic N) is 2. The van der Waals surface area contributed by atoms with E-state index >= 15 is 0 Å². The minimum Gasteiger partial charge on any atom is -0.335 e. The zero-order chi connectivity index (χ0) is 19.1. The maximum atomic E-state index is 12.9. The van der Waals surface area contributed by atoms with E-state index in [1.807, 2.05) is 0 Å². The Morgan fingerprint density at radius 3 is 2.70 bits per heavy atom. The number of imide groups is 1. The summed E-state index contributed by atoms with van der Waals surface area (Å²) in [6.45, 7) is 0. The first-order chi connectivity index (χ1) is 13.1. The molecule has 1 fully saturated rings. The van der Waals surface area contributed by atoms with Crippen LogP contribution in [0.3, 0.4) is 0 Å². The molecular weight excluding hydrogens is 369 g/mol. The number of H-pyrrole nitrogens is 1. The SMILES string of the molecule is O=C(CSc1n[nH]c(/C=C/c2ccc(F)cc2)n1)NC(=O)NC1CCCC1. The maximum Gasteiger partial charge on any atom is 0.321 e. The highest BCUT2D eigenvalue weighted by atomic mass is 32.2. The van der Waals surface area contributed by atoms with Crippen molar-refractivity contribution in [3.63, 3.8) is 0 Å². The summed E-state index contributed by atoms with van der Waals surface area (Å²) in [7, 11) is 0. The summed E-state index contributed by atoms with van der Waals surface area (Å²) < 4.78 is 12.9. The fourth-order valence-corrected chi connectivity index (χ4v) is 3.34. The third-order valence-corrected chi connectivity index (χ3v) is 4.91. The van der Waals surface area contributed by atoms with Gasteiger partial charge in [-0.3, -0.25) is 15.2 Å². The van der Waals surface area contributed by atoms with Gasteiger partial charge in [-0.2, -0.15) is 0 Å². The van der Waals surface area contributed by atoms with Crippen molar-refractivity contribution in [1.82, 2.24) is 25.8 Å². The number of carbonyl (C=O) groups excluding carboxylic acids is 2. The molecule has 3 rings (SSSR count). The number of carbonyl (C=O) groups is 2. The van der Waals surface area contributed by atoms with Crippen LogP contribution in [0.15, 0.2) is 29.4 Å². The van der Waals surface area contributed by atoms with Crippen molar-refractivity contribution in [2.45, 2.75) is 36.9 Å². The average molecular weight is 389 g/mol. The Kier molecular flexibility index (Phi) is 6.59. The zero-order valence-electron chi connectivity index (χ0n) is 14.6. The van der Waals surface area contributed by atoms with Crippen LogP contribution in [0.4, 0.5) is 9.18 Å². The predicted molar refractivity (Wildman–Crippen MR) is 101 cm³/mol. The summed E-state index contributed by atoms with van der Waals surface area (Å²) in [5, 5.41) is 12.3. The number of amides is 3. The van der Waals surface area contributed by atoms with Crippen LogP contribution in [0.2, 0.25) is 0 Å². The van der Waals surface area contributed by atoms with Crippen LogP contribution >= 0.6 is 11.8 Å². The molecule has 1 saturated carbocycles. The van der Waals surface area contributed by atoms with Crippen molar-refractivity contribution < 1.29 is 14.0 Å². The van der Waals surface area contributed by atoms with Gasteiger partial charge < -0.3 is 5.32 Å². The molecule has 0 atom stereocenters. The van der Waals surface area contributed by atoms with Gasteiger partial charge in [0.2, 0.25) is 11.1 Å². The minimum atomic E-state index is -0.453. The second-order valence-corrected chi connectivity index (χ2v) is 7.12. The number of aromatic nitrogens is 3. The van der Waals surface area contributed by atoms with Crippen molar-refractivity contribution in [2.24, 2.45) is 0 Å². The van der Waals surface area contributed by atoms with Crippen LogP contribution in [0, 0.1) is 5.82 Å². The lowest BCUT2D eigenvalue weighted by molar-refractivity contribution is -0.117. The van der Waals surface area contributed by atoms with E-state index in [9.17, 15) is 14.0 Å². The quantitative estimate of drug-likeness (QED) is 0.660. The first-order valence-corrected chi connectivity index (χ1v) is 9.66. The minimum absolute atomic E-state index is 0.0387. The van der Waals surface area contributed by atoms with Gasteiger partial charge in [-0.25, -0.2) is 14.2 Å². The molecular formula is C18H20FN5O2S. The Morgan fingerprint density at radius 2 is 1.96 bits per heavy atom. The highest BCUT2D eigenvalue weighted by Crippen LogP contribution is 2.17. The second kappa shape index (κ2) is 9.31. The van der Waals surface area contributed by atoms with E-state index in [1.165, 1.54) is 12.1 Å². The molecule has 0 bridgehead atoms. The van der Waals surface area contributed by atoms with Crippen molar-refractivity contribution in [1.29, 1.82) is 0 Å². The van der Waals surface area contributed by atoms with Crippen LogP contribution in [0.25, 0.3) is 12.2 Å². The molecule has 7 nitrogen and oxygen atoms in total. The van der Waals surface area contributed by atoms with Gasteiger partial charge in [0.1, 0.15) is 11.6 Å². The van der Waals surface area contributed by atoms with E-state index in [1.54, 1.807) is 24.3 Å². The highest BCUT2D eigenvalue weighted by molar-refractivity contribution is 7.99.